The lowest BCUT2D eigenvalue weighted by atomic mass is 9.72. The fraction of sp³-hybridized carbons (Fsp3) is 0.455. The van der Waals surface area contributed by atoms with Crippen LogP contribution in [0.3, 0.4) is 0 Å². The minimum atomic E-state index is 0.236. The Morgan fingerprint density at radius 1 is 1.03 bits per heavy atom. The van der Waals surface area contributed by atoms with Crippen LogP contribution in [0, 0.1) is 5.41 Å². The molecule has 5 rings (SSSR count). The van der Waals surface area contributed by atoms with Gasteiger partial charge in [-0.15, -0.1) is 10.2 Å². The number of carbonyl (C=O) groups excluding carboxylic acids is 1. The van der Waals surface area contributed by atoms with Crippen LogP contribution < -0.4 is 4.90 Å². The molecule has 1 spiro atoms. The van der Waals surface area contributed by atoms with Gasteiger partial charge in [0.1, 0.15) is 0 Å². The summed E-state index contributed by atoms with van der Waals surface area (Å²) in [5.41, 5.74) is 2.31. The summed E-state index contributed by atoms with van der Waals surface area (Å²) in [6.07, 6.45) is 10.4. The Morgan fingerprint density at radius 3 is 2.76 bits per heavy atom. The Bertz CT molecular complexity index is 993. The standard InChI is InChI=1S/C22H26N6O/c29-20-6-8-22(17-27(20)13-7-18-4-3-11-23-16-18)9-14-26(15-10-22)21-25-24-19-5-1-2-12-28(19)21/h1-5,11-12,16H,6-10,13-15,17H2. The Kier molecular flexibility index (Phi) is 4.66. The smallest absolute Gasteiger partial charge is 0.231 e. The van der Waals surface area contributed by atoms with Crippen LogP contribution in [0.25, 0.3) is 5.65 Å². The van der Waals surface area contributed by atoms with Crippen molar-refractivity contribution < 1.29 is 4.79 Å². The molecule has 5 heterocycles. The number of likely N-dealkylation sites (tertiary alicyclic amines) is 1. The molecule has 0 atom stereocenters. The first kappa shape index (κ1) is 18.1. The van der Waals surface area contributed by atoms with Crippen LogP contribution in [0.2, 0.25) is 0 Å². The van der Waals surface area contributed by atoms with Crippen LogP contribution in [0.15, 0.2) is 48.9 Å². The van der Waals surface area contributed by atoms with E-state index in [9.17, 15) is 4.79 Å². The summed E-state index contributed by atoms with van der Waals surface area (Å²) >= 11 is 0. The molecule has 0 aromatic carbocycles. The van der Waals surface area contributed by atoms with Gasteiger partial charge in [0, 0.05) is 51.2 Å². The second-order valence-electron chi connectivity index (χ2n) is 8.34. The zero-order chi connectivity index (χ0) is 19.7. The highest BCUT2D eigenvalue weighted by Crippen LogP contribution is 2.41. The molecule has 1 amide bonds. The van der Waals surface area contributed by atoms with Crippen molar-refractivity contribution in [2.45, 2.75) is 32.1 Å². The van der Waals surface area contributed by atoms with E-state index in [4.69, 9.17) is 0 Å². The summed E-state index contributed by atoms with van der Waals surface area (Å²) in [4.78, 5) is 21.1. The maximum absolute atomic E-state index is 12.5. The lowest BCUT2D eigenvalue weighted by Crippen LogP contribution is -2.52. The third-order valence-corrected chi connectivity index (χ3v) is 6.54. The second kappa shape index (κ2) is 7.46. The number of hydrogen-bond acceptors (Lipinski definition) is 5. The molecule has 3 aromatic heterocycles. The van der Waals surface area contributed by atoms with Crippen molar-refractivity contribution in [3.05, 3.63) is 54.5 Å². The van der Waals surface area contributed by atoms with Crippen molar-refractivity contribution in [3.63, 3.8) is 0 Å². The van der Waals surface area contributed by atoms with Crippen molar-refractivity contribution >= 4 is 17.5 Å². The molecule has 0 unspecified atom stereocenters. The van der Waals surface area contributed by atoms with E-state index in [1.807, 2.05) is 36.7 Å². The van der Waals surface area contributed by atoms with Gasteiger partial charge in [-0.05, 0) is 54.9 Å². The third kappa shape index (κ3) is 3.57. The SMILES string of the molecule is O=C1CCC2(CCN(c3nnc4ccccn34)CC2)CN1CCc1cccnc1. The third-order valence-electron chi connectivity index (χ3n) is 6.54. The maximum Gasteiger partial charge on any atom is 0.231 e. The fourth-order valence-corrected chi connectivity index (χ4v) is 4.75. The van der Waals surface area contributed by atoms with Gasteiger partial charge in [0.25, 0.3) is 0 Å². The minimum Gasteiger partial charge on any atom is -0.342 e. The van der Waals surface area contributed by atoms with Gasteiger partial charge in [0.05, 0.1) is 0 Å². The predicted octanol–water partition coefficient (Wildman–Crippen LogP) is 2.58. The average Bonchev–Trinajstić information content (AvgIpc) is 3.20. The molecule has 2 saturated heterocycles. The first-order valence-corrected chi connectivity index (χ1v) is 10.4. The summed E-state index contributed by atoms with van der Waals surface area (Å²) < 4.78 is 2.06. The van der Waals surface area contributed by atoms with E-state index in [2.05, 4.69) is 35.4 Å². The van der Waals surface area contributed by atoms with E-state index >= 15 is 0 Å². The Labute approximate surface area is 170 Å². The van der Waals surface area contributed by atoms with Crippen LogP contribution >= 0.6 is 0 Å². The summed E-state index contributed by atoms with van der Waals surface area (Å²) in [6, 6.07) is 10.0. The number of rotatable bonds is 4. The van der Waals surface area contributed by atoms with E-state index in [1.165, 1.54) is 5.56 Å². The first-order chi connectivity index (χ1) is 14.2. The number of amides is 1. The first-order valence-electron chi connectivity index (χ1n) is 10.4. The zero-order valence-electron chi connectivity index (χ0n) is 16.6. The highest BCUT2D eigenvalue weighted by atomic mass is 16.2. The van der Waals surface area contributed by atoms with Crippen LogP contribution in [-0.4, -0.2) is 56.6 Å². The highest BCUT2D eigenvalue weighted by Gasteiger charge is 2.41. The number of hydrogen-bond donors (Lipinski definition) is 0. The molecule has 0 saturated carbocycles. The summed E-state index contributed by atoms with van der Waals surface area (Å²) in [7, 11) is 0. The van der Waals surface area contributed by atoms with Gasteiger partial charge in [-0.1, -0.05) is 12.1 Å². The van der Waals surface area contributed by atoms with Gasteiger partial charge in [-0.2, -0.15) is 0 Å². The molecule has 150 valence electrons. The van der Waals surface area contributed by atoms with Crippen molar-refractivity contribution in [1.29, 1.82) is 0 Å². The number of fused-ring (bicyclic) bond motifs is 1. The fourth-order valence-electron chi connectivity index (χ4n) is 4.75. The number of aromatic nitrogens is 4. The molecule has 29 heavy (non-hydrogen) atoms. The zero-order valence-corrected chi connectivity index (χ0v) is 16.6. The molecule has 2 aliphatic rings. The Balaban J connectivity index is 1.24. The predicted molar refractivity (Wildman–Crippen MR) is 111 cm³/mol. The summed E-state index contributed by atoms with van der Waals surface area (Å²) in [5.74, 6) is 1.22. The number of piperidine rings is 2. The van der Waals surface area contributed by atoms with E-state index in [-0.39, 0.29) is 5.41 Å². The van der Waals surface area contributed by atoms with E-state index in [0.717, 1.165) is 63.5 Å². The minimum absolute atomic E-state index is 0.236. The number of carbonyl (C=O) groups is 1. The summed E-state index contributed by atoms with van der Waals surface area (Å²) in [6.45, 7) is 3.58. The van der Waals surface area contributed by atoms with Crippen molar-refractivity contribution in [1.82, 2.24) is 24.5 Å². The van der Waals surface area contributed by atoms with Crippen molar-refractivity contribution in [2.24, 2.45) is 5.41 Å². The van der Waals surface area contributed by atoms with Crippen LogP contribution in [0.5, 0.6) is 0 Å². The highest BCUT2D eigenvalue weighted by molar-refractivity contribution is 5.77. The van der Waals surface area contributed by atoms with Gasteiger partial charge >= 0.3 is 0 Å². The van der Waals surface area contributed by atoms with Crippen molar-refractivity contribution in [3.8, 4) is 0 Å². The lowest BCUT2D eigenvalue weighted by molar-refractivity contribution is -0.138. The molecule has 2 aliphatic heterocycles. The maximum atomic E-state index is 12.5. The molecular formula is C22H26N6O. The molecule has 0 aliphatic carbocycles. The second-order valence-corrected chi connectivity index (χ2v) is 8.34. The van der Waals surface area contributed by atoms with Crippen LogP contribution in [-0.2, 0) is 11.2 Å². The topological polar surface area (TPSA) is 66.6 Å². The van der Waals surface area contributed by atoms with E-state index in [0.29, 0.717) is 12.3 Å². The monoisotopic (exact) mass is 390 g/mol. The van der Waals surface area contributed by atoms with E-state index in [1.54, 1.807) is 6.20 Å². The van der Waals surface area contributed by atoms with Crippen LogP contribution in [0.4, 0.5) is 5.95 Å². The van der Waals surface area contributed by atoms with Gasteiger partial charge < -0.3 is 9.80 Å². The number of pyridine rings is 2. The normalized spacial score (nSPS) is 19.2. The largest absolute Gasteiger partial charge is 0.342 e. The van der Waals surface area contributed by atoms with Gasteiger partial charge in [0.2, 0.25) is 11.9 Å². The molecule has 0 bridgehead atoms. The molecular weight excluding hydrogens is 364 g/mol. The van der Waals surface area contributed by atoms with Gasteiger partial charge in [0.15, 0.2) is 5.65 Å². The van der Waals surface area contributed by atoms with E-state index < -0.39 is 0 Å². The quantitative estimate of drug-likeness (QED) is 0.685. The molecule has 7 nitrogen and oxygen atoms in total. The lowest BCUT2D eigenvalue weighted by Gasteiger charge is -2.47. The Morgan fingerprint density at radius 2 is 1.93 bits per heavy atom. The number of anilines is 1. The Hall–Kier alpha value is -2.96. The molecule has 0 N–H and O–H groups in total. The van der Waals surface area contributed by atoms with Gasteiger partial charge in [-0.3, -0.25) is 14.2 Å². The summed E-state index contributed by atoms with van der Waals surface area (Å²) in [5, 5.41) is 8.70. The average molecular weight is 390 g/mol. The van der Waals surface area contributed by atoms with Crippen LogP contribution in [0.1, 0.15) is 31.2 Å². The molecule has 2 fully saturated rings. The number of nitrogens with zero attached hydrogens (tertiary/aromatic N) is 6. The molecule has 7 heteroatoms. The molecule has 3 aromatic rings. The van der Waals surface area contributed by atoms with Gasteiger partial charge in [-0.25, -0.2) is 0 Å². The van der Waals surface area contributed by atoms with Crippen molar-refractivity contribution in [2.75, 3.05) is 31.1 Å². The molecule has 0 radical (unpaired) electrons.